The Morgan fingerprint density at radius 1 is 0.882 bits per heavy atom. The Hall–Kier alpha value is -2.12. The van der Waals surface area contributed by atoms with Gasteiger partial charge in [0, 0.05) is 18.2 Å². The summed E-state index contributed by atoms with van der Waals surface area (Å²) in [5.41, 5.74) is -1.42. The molecule has 11 nitrogen and oxygen atoms in total. The molecule has 0 N–H and O–H groups in total. The number of carboxylic acid groups (broad SMARTS) is 2. The second-order valence-corrected chi connectivity index (χ2v) is 6.25. The van der Waals surface area contributed by atoms with Gasteiger partial charge in [0.1, 0.15) is 36.0 Å². The summed E-state index contributed by atoms with van der Waals surface area (Å²) in [5.74, 6) is -2.45. The van der Waals surface area contributed by atoms with Crippen molar-refractivity contribution in [2.24, 2.45) is 0 Å². The van der Waals surface area contributed by atoms with Crippen molar-refractivity contribution in [1.29, 1.82) is 0 Å². The molecule has 0 radical (unpaired) electrons. The van der Waals surface area contributed by atoms with Crippen molar-refractivity contribution >= 4 is 22.9 Å². The molecule has 3 aromatic rings. The first-order valence-electron chi connectivity index (χ1n) is 9.27. The normalized spacial score (nSPS) is 10.0. The molecule has 0 atom stereocenters. The molecule has 0 unspecified atom stereocenters. The molecule has 0 saturated heterocycles. The van der Waals surface area contributed by atoms with Crippen molar-refractivity contribution in [3.8, 4) is 17.2 Å². The number of aromatic nitrogens is 1. The molecule has 0 aliphatic carbocycles. The van der Waals surface area contributed by atoms with Crippen LogP contribution >= 0.6 is 0 Å². The van der Waals surface area contributed by atoms with Crippen molar-refractivity contribution in [2.45, 2.75) is 0 Å². The zero-order valence-corrected chi connectivity index (χ0v) is 22.8. The van der Waals surface area contributed by atoms with Crippen molar-refractivity contribution in [1.82, 2.24) is 4.98 Å². The van der Waals surface area contributed by atoms with Gasteiger partial charge in [0.15, 0.2) is 0 Å². The fourth-order valence-electron chi connectivity index (χ4n) is 2.69. The van der Waals surface area contributed by atoms with Crippen LogP contribution in [0, 0.1) is 0 Å². The summed E-state index contributed by atoms with van der Waals surface area (Å²) in [6.45, 7) is 0.387. The number of fused-ring (bicyclic) bond motifs is 1. The topological polar surface area (TPSA) is 160 Å². The third-order valence-corrected chi connectivity index (χ3v) is 4.11. The molecule has 0 bridgehead atoms. The van der Waals surface area contributed by atoms with E-state index in [1.165, 1.54) is 13.2 Å². The number of rotatable bonds is 11. The number of nitrogens with zero attached hydrogens (tertiary/aromatic N) is 1. The third-order valence-electron chi connectivity index (χ3n) is 4.11. The molecular weight excluding hydrogens is 472 g/mol. The molecule has 2 heterocycles. The number of benzene rings is 1. The zero-order chi connectivity index (χ0) is 23.1. The largest absolute Gasteiger partial charge is 1.00 e. The number of carbonyl (C=O) groups excluding carboxylic acids is 2. The standard InChI is InChI=1S/C21H19NO10.2Na/c1-28-12-2-3-14-17(11-19(23)32-18(14)10-12)31-7-5-29-4-6-30-13-8-15(20(24)25)22-16(9-13)21(26)27;;/h2-3,8-11H,4-7H2,1H3,(H,24,25)(H,26,27);;/q;2*+1/p-2. The predicted molar refractivity (Wildman–Crippen MR) is 104 cm³/mol. The van der Waals surface area contributed by atoms with E-state index in [4.69, 9.17) is 23.4 Å². The molecule has 1 aromatic carbocycles. The quantitative estimate of drug-likeness (QED) is 0.143. The van der Waals surface area contributed by atoms with Crippen molar-refractivity contribution in [3.63, 3.8) is 0 Å². The maximum atomic E-state index is 11.7. The molecule has 0 aliphatic rings. The average Bonchev–Trinajstić information content (AvgIpc) is 2.77. The van der Waals surface area contributed by atoms with E-state index >= 15 is 0 Å². The Balaban J connectivity index is 0.00000289. The molecule has 2 aromatic heterocycles. The van der Waals surface area contributed by atoms with Gasteiger partial charge < -0.3 is 43.2 Å². The van der Waals surface area contributed by atoms with E-state index in [-0.39, 0.29) is 91.3 Å². The summed E-state index contributed by atoms with van der Waals surface area (Å²) in [6.07, 6.45) is 0. The van der Waals surface area contributed by atoms with Crippen LogP contribution in [0.5, 0.6) is 17.2 Å². The van der Waals surface area contributed by atoms with Gasteiger partial charge in [0.05, 0.1) is 55.1 Å². The Morgan fingerprint density at radius 2 is 1.50 bits per heavy atom. The minimum Gasteiger partial charge on any atom is -0.543 e. The maximum absolute atomic E-state index is 11.7. The molecule has 0 fully saturated rings. The van der Waals surface area contributed by atoms with E-state index in [9.17, 15) is 24.6 Å². The van der Waals surface area contributed by atoms with E-state index in [0.717, 1.165) is 12.1 Å². The number of hydrogen-bond acceptors (Lipinski definition) is 11. The molecule has 0 amide bonds. The van der Waals surface area contributed by atoms with Crippen LogP contribution in [0.15, 0.2) is 45.6 Å². The van der Waals surface area contributed by atoms with Gasteiger partial charge in [0.25, 0.3) is 0 Å². The Kier molecular flexibility index (Phi) is 12.6. The number of aromatic carboxylic acids is 2. The van der Waals surface area contributed by atoms with Gasteiger partial charge in [0.2, 0.25) is 0 Å². The van der Waals surface area contributed by atoms with Crippen LogP contribution in [-0.2, 0) is 4.74 Å². The number of hydrogen-bond donors (Lipinski definition) is 0. The third kappa shape index (κ3) is 8.27. The number of carboxylic acids is 2. The van der Waals surface area contributed by atoms with E-state index in [2.05, 4.69) is 4.98 Å². The number of pyridine rings is 1. The van der Waals surface area contributed by atoms with Crippen LogP contribution in [0.1, 0.15) is 21.0 Å². The monoisotopic (exact) mass is 489 g/mol. The van der Waals surface area contributed by atoms with Crippen molar-refractivity contribution in [3.05, 3.63) is 58.2 Å². The van der Waals surface area contributed by atoms with E-state index in [1.54, 1.807) is 18.2 Å². The Morgan fingerprint density at radius 3 is 2.09 bits per heavy atom. The van der Waals surface area contributed by atoms with Gasteiger partial charge in [-0.3, -0.25) is 0 Å². The summed E-state index contributed by atoms with van der Waals surface area (Å²) in [6, 6.07) is 8.29. The number of carbonyl (C=O) groups is 2. The summed E-state index contributed by atoms with van der Waals surface area (Å²) in [7, 11) is 1.50. The Labute approximate surface area is 237 Å². The van der Waals surface area contributed by atoms with Crippen LogP contribution in [0.2, 0.25) is 0 Å². The molecule has 0 aliphatic heterocycles. The molecule has 0 spiro atoms. The Bertz CT molecular complexity index is 1170. The second kappa shape index (κ2) is 14.3. The van der Waals surface area contributed by atoms with Gasteiger partial charge in [-0.2, -0.15) is 0 Å². The summed E-state index contributed by atoms with van der Waals surface area (Å²) in [5, 5.41) is 22.4. The molecule has 3 rings (SSSR count). The summed E-state index contributed by atoms with van der Waals surface area (Å²) in [4.78, 5) is 36.9. The smallest absolute Gasteiger partial charge is 0.543 e. The van der Waals surface area contributed by atoms with Gasteiger partial charge in [-0.25, -0.2) is 9.78 Å². The molecule has 13 heteroatoms. The van der Waals surface area contributed by atoms with E-state index < -0.39 is 29.0 Å². The van der Waals surface area contributed by atoms with Crippen molar-refractivity contribution in [2.75, 3.05) is 33.5 Å². The van der Waals surface area contributed by atoms with Gasteiger partial charge in [-0.15, -0.1) is 0 Å². The fourth-order valence-corrected chi connectivity index (χ4v) is 2.69. The summed E-state index contributed by atoms with van der Waals surface area (Å²) >= 11 is 0. The van der Waals surface area contributed by atoms with E-state index in [1.807, 2.05) is 0 Å². The molecule has 34 heavy (non-hydrogen) atoms. The maximum Gasteiger partial charge on any atom is 1.00 e. The first-order chi connectivity index (χ1) is 15.4. The van der Waals surface area contributed by atoms with Gasteiger partial charge in [-0.1, -0.05) is 0 Å². The van der Waals surface area contributed by atoms with Crippen molar-refractivity contribution < 1.29 is 102 Å². The van der Waals surface area contributed by atoms with Crippen LogP contribution in [0.3, 0.4) is 0 Å². The minimum absolute atomic E-state index is 0. The summed E-state index contributed by atoms with van der Waals surface area (Å²) < 4.78 is 26.5. The van der Waals surface area contributed by atoms with Crippen LogP contribution in [-0.4, -0.2) is 50.5 Å². The minimum atomic E-state index is -1.65. The first-order valence-corrected chi connectivity index (χ1v) is 9.27. The molecule has 168 valence electrons. The SMILES string of the molecule is COc1ccc2c(OCCOCCOc3cc(C(=O)[O-])nc(C(=O)[O-])c3)cc(=O)oc2c1.[Na+].[Na+]. The van der Waals surface area contributed by atoms with E-state index in [0.29, 0.717) is 22.5 Å². The fraction of sp³-hybridized carbons (Fsp3) is 0.238. The van der Waals surface area contributed by atoms with Crippen LogP contribution in [0.25, 0.3) is 11.0 Å². The predicted octanol–water partition coefficient (Wildman–Crippen LogP) is -6.59. The average molecular weight is 489 g/mol. The molecular formula is C21H17NNa2O10. The number of ether oxygens (including phenoxy) is 4. The van der Waals surface area contributed by atoms with Crippen LogP contribution in [0.4, 0.5) is 0 Å². The van der Waals surface area contributed by atoms with Crippen LogP contribution < -0.4 is 89.2 Å². The van der Waals surface area contributed by atoms with Gasteiger partial charge >= 0.3 is 64.7 Å². The number of methoxy groups -OCH3 is 1. The van der Waals surface area contributed by atoms with Gasteiger partial charge in [-0.05, 0) is 12.1 Å². The molecule has 0 saturated carbocycles. The zero-order valence-electron chi connectivity index (χ0n) is 18.8. The first kappa shape index (κ1) is 29.9. The second-order valence-electron chi connectivity index (χ2n) is 6.25.